The van der Waals surface area contributed by atoms with Crippen molar-refractivity contribution in [2.75, 3.05) is 10.0 Å². The van der Waals surface area contributed by atoms with Crippen LogP contribution in [0.5, 0.6) is 0 Å². The largest absolute Gasteiger partial charge is 0.423 e. The molecule has 0 atom stereocenters. The van der Waals surface area contributed by atoms with Crippen molar-refractivity contribution in [2.24, 2.45) is 0 Å². The Kier molecular flexibility index (Phi) is 5.51. The number of rotatable bonds is 6. The molecule has 4 rings (SSSR count). The third-order valence-corrected chi connectivity index (χ3v) is 6.09. The molecule has 0 aliphatic heterocycles. The smallest absolute Gasteiger partial charge is 0.338 e. The van der Waals surface area contributed by atoms with Crippen molar-refractivity contribution < 1.29 is 17.8 Å². The molecule has 0 amide bonds. The van der Waals surface area contributed by atoms with Crippen LogP contribution in [0.3, 0.4) is 0 Å². The number of sulfonamides is 1. The molecule has 2 N–H and O–H groups in total. The number of nitro benzene ring substituents is 1. The second-order valence-electron chi connectivity index (χ2n) is 6.83. The lowest BCUT2D eigenvalue weighted by molar-refractivity contribution is -0.384. The minimum atomic E-state index is -3.99. The molecule has 0 aliphatic rings. The minimum Gasteiger partial charge on any atom is -0.423 e. The number of nitriles is 1. The first-order chi connectivity index (χ1) is 15.8. The van der Waals surface area contributed by atoms with Crippen LogP contribution in [0, 0.1) is 21.4 Å². The molecule has 33 heavy (non-hydrogen) atoms. The maximum Gasteiger partial charge on any atom is 0.338 e. The van der Waals surface area contributed by atoms with Gasteiger partial charge in [-0.05, 0) is 42.5 Å². The van der Waals surface area contributed by atoms with Gasteiger partial charge in [0.05, 0.1) is 16.2 Å². The van der Waals surface area contributed by atoms with Gasteiger partial charge >= 0.3 is 5.63 Å². The molecule has 10 nitrogen and oxygen atoms in total. The Morgan fingerprint density at radius 3 is 2.36 bits per heavy atom. The van der Waals surface area contributed by atoms with Gasteiger partial charge in [-0.25, -0.2) is 13.2 Å². The van der Waals surface area contributed by atoms with E-state index in [4.69, 9.17) is 9.68 Å². The molecule has 0 bridgehead atoms. The number of hydrogen-bond acceptors (Lipinski definition) is 8. The Morgan fingerprint density at radius 1 is 0.970 bits per heavy atom. The Bertz CT molecular complexity index is 1590. The van der Waals surface area contributed by atoms with Crippen LogP contribution >= 0.6 is 0 Å². The molecule has 0 fully saturated rings. The van der Waals surface area contributed by atoms with Crippen molar-refractivity contribution >= 4 is 43.7 Å². The molecule has 0 saturated heterocycles. The van der Waals surface area contributed by atoms with Crippen molar-refractivity contribution in [3.8, 4) is 6.07 Å². The molecule has 0 saturated carbocycles. The predicted molar refractivity (Wildman–Crippen MR) is 121 cm³/mol. The normalized spacial score (nSPS) is 11.0. The van der Waals surface area contributed by atoms with Crippen molar-refractivity contribution in [1.82, 2.24) is 0 Å². The first kappa shape index (κ1) is 21.5. The maximum atomic E-state index is 12.7. The summed E-state index contributed by atoms with van der Waals surface area (Å²) in [6.45, 7) is 0. The highest BCUT2D eigenvalue weighted by Gasteiger charge is 2.18. The van der Waals surface area contributed by atoms with E-state index in [2.05, 4.69) is 10.0 Å². The van der Waals surface area contributed by atoms with Crippen molar-refractivity contribution in [1.29, 1.82) is 5.26 Å². The number of non-ortho nitro benzene ring substituents is 1. The maximum absolute atomic E-state index is 12.7. The fourth-order valence-electron chi connectivity index (χ4n) is 3.15. The van der Waals surface area contributed by atoms with Crippen LogP contribution in [0.1, 0.15) is 5.56 Å². The lowest BCUT2D eigenvalue weighted by Gasteiger charge is -2.12. The van der Waals surface area contributed by atoms with Crippen LogP contribution in [-0.2, 0) is 10.0 Å². The molecule has 0 unspecified atom stereocenters. The summed E-state index contributed by atoms with van der Waals surface area (Å²) in [5, 5.41) is 23.6. The van der Waals surface area contributed by atoms with Crippen molar-refractivity contribution in [3.05, 3.63) is 98.9 Å². The standard InChI is InChI=1S/C22H14N4O6S/c23-13-14-3-1-2-4-21(14)33(30,31)25-16-7-5-15(6-8-16)24-19-12-22(27)32-20-10-9-17(26(28)29)11-18(19)20/h1-12,24-25H. The van der Waals surface area contributed by atoms with Gasteiger partial charge < -0.3 is 9.73 Å². The fourth-order valence-corrected chi connectivity index (χ4v) is 4.37. The van der Waals surface area contributed by atoms with Crippen molar-refractivity contribution in [2.45, 2.75) is 4.90 Å². The molecule has 1 heterocycles. The van der Waals surface area contributed by atoms with E-state index < -0.39 is 20.6 Å². The molecular weight excluding hydrogens is 448 g/mol. The van der Waals surface area contributed by atoms with E-state index in [-0.39, 0.29) is 27.4 Å². The van der Waals surface area contributed by atoms with E-state index in [1.807, 2.05) is 6.07 Å². The molecule has 11 heteroatoms. The number of fused-ring (bicyclic) bond motifs is 1. The summed E-state index contributed by atoms with van der Waals surface area (Å²) >= 11 is 0. The quantitative estimate of drug-likeness (QED) is 0.246. The SMILES string of the molecule is N#Cc1ccccc1S(=O)(=O)Nc1ccc(Nc2cc(=O)oc3ccc([N+](=O)[O-])cc23)cc1. The van der Waals surface area contributed by atoms with Crippen LogP contribution in [0.15, 0.2) is 86.9 Å². The summed E-state index contributed by atoms with van der Waals surface area (Å²) in [5.74, 6) is 0. The molecule has 164 valence electrons. The van der Waals surface area contributed by atoms with Crippen LogP contribution in [0.4, 0.5) is 22.7 Å². The summed E-state index contributed by atoms with van der Waals surface area (Å²) in [5.41, 5.74) is 0.431. The van der Waals surface area contributed by atoms with Gasteiger partial charge in [0.15, 0.2) is 0 Å². The number of nitro groups is 1. The number of anilines is 3. The van der Waals surface area contributed by atoms with E-state index in [0.717, 1.165) is 0 Å². The minimum absolute atomic E-state index is 0.0205. The fraction of sp³-hybridized carbons (Fsp3) is 0. The predicted octanol–water partition coefficient (Wildman–Crippen LogP) is 4.12. The van der Waals surface area contributed by atoms with E-state index in [0.29, 0.717) is 16.8 Å². The van der Waals surface area contributed by atoms with Gasteiger partial charge in [0.2, 0.25) is 0 Å². The van der Waals surface area contributed by atoms with Gasteiger partial charge in [-0.3, -0.25) is 14.8 Å². The average molecular weight is 462 g/mol. The van der Waals surface area contributed by atoms with Gasteiger partial charge in [0, 0.05) is 35.0 Å². The number of nitrogens with zero attached hydrogens (tertiary/aromatic N) is 2. The lowest BCUT2D eigenvalue weighted by Crippen LogP contribution is -2.14. The first-order valence-electron chi connectivity index (χ1n) is 9.38. The Balaban J connectivity index is 1.62. The van der Waals surface area contributed by atoms with E-state index in [1.165, 1.54) is 54.6 Å². The highest BCUT2D eigenvalue weighted by molar-refractivity contribution is 7.92. The molecule has 4 aromatic rings. The highest BCUT2D eigenvalue weighted by Crippen LogP contribution is 2.29. The molecule has 1 aromatic heterocycles. The van der Waals surface area contributed by atoms with Crippen LogP contribution in [0.25, 0.3) is 11.0 Å². The summed E-state index contributed by atoms with van der Waals surface area (Å²) in [4.78, 5) is 22.3. The second kappa shape index (κ2) is 8.45. The third kappa shape index (κ3) is 4.51. The summed E-state index contributed by atoms with van der Waals surface area (Å²) in [6.07, 6.45) is 0. The van der Waals surface area contributed by atoms with Gasteiger partial charge in [-0.2, -0.15) is 5.26 Å². The summed E-state index contributed by atoms with van der Waals surface area (Å²) in [6, 6.07) is 18.8. The van der Waals surface area contributed by atoms with E-state index in [1.54, 1.807) is 18.2 Å². The molecular formula is C22H14N4O6S. The van der Waals surface area contributed by atoms with Gasteiger partial charge in [0.25, 0.3) is 15.7 Å². The van der Waals surface area contributed by atoms with Crippen LogP contribution < -0.4 is 15.7 Å². The lowest BCUT2D eigenvalue weighted by atomic mass is 10.1. The summed E-state index contributed by atoms with van der Waals surface area (Å²) in [7, 11) is -3.99. The zero-order valence-corrected chi connectivity index (χ0v) is 17.5. The zero-order chi connectivity index (χ0) is 23.6. The van der Waals surface area contributed by atoms with Gasteiger partial charge in [-0.1, -0.05) is 12.1 Å². The number of hydrogen-bond donors (Lipinski definition) is 2. The molecule has 3 aromatic carbocycles. The topological polar surface area (TPSA) is 155 Å². The third-order valence-electron chi connectivity index (χ3n) is 4.65. The summed E-state index contributed by atoms with van der Waals surface area (Å²) < 4.78 is 32.8. The Labute approximate surface area is 186 Å². The monoisotopic (exact) mass is 462 g/mol. The molecule has 0 aliphatic carbocycles. The number of benzene rings is 3. The van der Waals surface area contributed by atoms with Gasteiger partial charge in [0.1, 0.15) is 16.5 Å². The zero-order valence-electron chi connectivity index (χ0n) is 16.7. The second-order valence-corrected chi connectivity index (χ2v) is 8.48. The molecule has 0 spiro atoms. The number of nitrogens with one attached hydrogen (secondary N) is 2. The van der Waals surface area contributed by atoms with Crippen LogP contribution in [0.2, 0.25) is 0 Å². The van der Waals surface area contributed by atoms with Crippen LogP contribution in [-0.4, -0.2) is 13.3 Å². The average Bonchev–Trinajstić information content (AvgIpc) is 2.79. The van der Waals surface area contributed by atoms with E-state index >= 15 is 0 Å². The highest BCUT2D eigenvalue weighted by atomic mass is 32.2. The van der Waals surface area contributed by atoms with Crippen molar-refractivity contribution in [3.63, 3.8) is 0 Å². The van der Waals surface area contributed by atoms with E-state index in [9.17, 15) is 23.3 Å². The Morgan fingerprint density at radius 2 is 1.67 bits per heavy atom. The molecule has 0 radical (unpaired) electrons. The Hall–Kier alpha value is -4.69. The van der Waals surface area contributed by atoms with Gasteiger partial charge in [-0.15, -0.1) is 0 Å². The first-order valence-corrected chi connectivity index (χ1v) is 10.9.